The number of likely N-dealkylation sites (tertiary alicyclic amines) is 1. The van der Waals surface area contributed by atoms with Gasteiger partial charge < -0.3 is 4.90 Å². The molecule has 0 aliphatic carbocycles. The summed E-state index contributed by atoms with van der Waals surface area (Å²) in [6.45, 7) is 3.72. The molecule has 1 aromatic carbocycles. The van der Waals surface area contributed by atoms with Crippen LogP contribution in [0.4, 0.5) is 0 Å². The van der Waals surface area contributed by atoms with Crippen molar-refractivity contribution in [2.75, 3.05) is 19.6 Å². The zero-order valence-corrected chi connectivity index (χ0v) is 17.1. The highest BCUT2D eigenvalue weighted by molar-refractivity contribution is 7.10. The lowest BCUT2D eigenvalue weighted by molar-refractivity contribution is -0.133. The Hall–Kier alpha value is -2.51. The van der Waals surface area contributed by atoms with E-state index in [1.54, 1.807) is 6.07 Å². The van der Waals surface area contributed by atoms with Crippen LogP contribution in [0.2, 0.25) is 0 Å². The largest absolute Gasteiger partial charge is 0.341 e. The van der Waals surface area contributed by atoms with E-state index in [1.807, 2.05) is 34.4 Å². The number of hydrogen-bond acceptors (Lipinski definition) is 5. The molecule has 0 bridgehead atoms. The standard InChI is InChI=1S/C22H24N4O2S/c27-21(14-26-15-23-19-4-2-1-3-18(19)22(26)28)24-9-5-17(6-10-24)25-11-7-20-16(13-25)8-12-29-20/h1-4,8,12,15,17H,5-7,9-11,13-14H2. The molecule has 4 heterocycles. The van der Waals surface area contributed by atoms with Crippen LogP contribution in [0, 0.1) is 0 Å². The van der Waals surface area contributed by atoms with E-state index in [1.165, 1.54) is 21.3 Å². The zero-order valence-electron chi connectivity index (χ0n) is 16.3. The Bertz CT molecular complexity index is 1100. The molecule has 6 nitrogen and oxygen atoms in total. The summed E-state index contributed by atoms with van der Waals surface area (Å²) in [6, 6.07) is 10.0. The Morgan fingerprint density at radius 2 is 1.97 bits per heavy atom. The minimum atomic E-state index is -0.154. The quantitative estimate of drug-likeness (QED) is 0.668. The number of piperidine rings is 1. The van der Waals surface area contributed by atoms with Crippen LogP contribution in [0.5, 0.6) is 0 Å². The molecule has 29 heavy (non-hydrogen) atoms. The van der Waals surface area contributed by atoms with Crippen molar-refractivity contribution in [2.45, 2.75) is 38.4 Å². The third-order valence-corrected chi connectivity index (χ3v) is 7.23. The van der Waals surface area contributed by atoms with Crippen LogP contribution in [0.25, 0.3) is 10.9 Å². The fourth-order valence-electron chi connectivity index (χ4n) is 4.53. The molecular weight excluding hydrogens is 384 g/mol. The van der Waals surface area contributed by atoms with Crippen molar-refractivity contribution >= 4 is 28.1 Å². The van der Waals surface area contributed by atoms with Gasteiger partial charge in [0, 0.05) is 37.1 Å². The second-order valence-electron chi connectivity index (χ2n) is 7.90. The zero-order chi connectivity index (χ0) is 19.8. The Morgan fingerprint density at radius 1 is 1.14 bits per heavy atom. The van der Waals surface area contributed by atoms with Gasteiger partial charge in [0.15, 0.2) is 0 Å². The Morgan fingerprint density at radius 3 is 2.83 bits per heavy atom. The summed E-state index contributed by atoms with van der Waals surface area (Å²) in [4.78, 5) is 35.7. The molecule has 2 aromatic heterocycles. The number of aromatic nitrogens is 2. The maximum absolute atomic E-state index is 12.8. The molecule has 0 saturated carbocycles. The van der Waals surface area contributed by atoms with Crippen molar-refractivity contribution in [2.24, 2.45) is 0 Å². The van der Waals surface area contributed by atoms with Crippen molar-refractivity contribution in [1.29, 1.82) is 0 Å². The first kappa shape index (κ1) is 18.5. The molecule has 2 aliphatic heterocycles. The summed E-state index contributed by atoms with van der Waals surface area (Å²) in [6.07, 6.45) is 4.62. The van der Waals surface area contributed by atoms with Gasteiger partial charge in [0.25, 0.3) is 5.56 Å². The molecule has 0 spiro atoms. The van der Waals surface area contributed by atoms with Gasteiger partial charge in [0.05, 0.1) is 17.2 Å². The van der Waals surface area contributed by atoms with Crippen molar-refractivity contribution < 1.29 is 4.79 Å². The van der Waals surface area contributed by atoms with Crippen molar-refractivity contribution in [3.8, 4) is 0 Å². The maximum Gasteiger partial charge on any atom is 0.261 e. The van der Waals surface area contributed by atoms with E-state index in [9.17, 15) is 9.59 Å². The number of carbonyl (C=O) groups is 1. The number of hydrogen-bond donors (Lipinski definition) is 0. The molecule has 5 rings (SSSR count). The average molecular weight is 409 g/mol. The van der Waals surface area contributed by atoms with E-state index in [4.69, 9.17) is 0 Å². The van der Waals surface area contributed by atoms with Gasteiger partial charge in [-0.3, -0.25) is 19.1 Å². The fourth-order valence-corrected chi connectivity index (χ4v) is 5.42. The second-order valence-corrected chi connectivity index (χ2v) is 8.90. The first-order valence-corrected chi connectivity index (χ1v) is 11.1. The topological polar surface area (TPSA) is 58.4 Å². The van der Waals surface area contributed by atoms with E-state index >= 15 is 0 Å². The Labute approximate surface area is 173 Å². The highest BCUT2D eigenvalue weighted by atomic mass is 32.1. The molecule has 0 N–H and O–H groups in total. The minimum Gasteiger partial charge on any atom is -0.341 e. The Kier molecular flexibility index (Phi) is 4.93. The number of para-hydroxylation sites is 1. The van der Waals surface area contributed by atoms with Gasteiger partial charge in [-0.25, -0.2) is 4.98 Å². The predicted molar refractivity (Wildman–Crippen MR) is 114 cm³/mol. The third-order valence-electron chi connectivity index (χ3n) is 6.21. The number of rotatable bonds is 3. The molecule has 1 fully saturated rings. The number of carbonyl (C=O) groups excluding carboxylic acids is 1. The van der Waals surface area contributed by atoms with Crippen molar-refractivity contribution in [1.82, 2.24) is 19.4 Å². The van der Waals surface area contributed by atoms with Crippen LogP contribution in [-0.2, 0) is 24.3 Å². The lowest BCUT2D eigenvalue weighted by Gasteiger charge is -2.40. The third kappa shape index (κ3) is 3.60. The van der Waals surface area contributed by atoms with E-state index in [2.05, 4.69) is 21.3 Å². The molecule has 7 heteroatoms. The fraction of sp³-hybridized carbons (Fsp3) is 0.409. The summed E-state index contributed by atoms with van der Waals surface area (Å²) < 4.78 is 1.43. The number of thiophene rings is 1. The van der Waals surface area contributed by atoms with Crippen LogP contribution in [0.1, 0.15) is 23.3 Å². The summed E-state index contributed by atoms with van der Waals surface area (Å²) in [5, 5.41) is 2.75. The van der Waals surface area contributed by atoms with Gasteiger partial charge in [0.2, 0.25) is 5.91 Å². The molecular formula is C22H24N4O2S. The Balaban J connectivity index is 1.21. The SMILES string of the molecule is O=C(Cn1cnc2ccccc2c1=O)N1CCC(N2CCc3sccc3C2)CC1. The molecule has 0 unspecified atom stereocenters. The highest BCUT2D eigenvalue weighted by Crippen LogP contribution is 2.28. The van der Waals surface area contributed by atoms with Gasteiger partial charge in [-0.1, -0.05) is 12.1 Å². The summed E-state index contributed by atoms with van der Waals surface area (Å²) in [5.74, 6) is 0.00129. The molecule has 2 aliphatic rings. The van der Waals surface area contributed by atoms with Crippen LogP contribution >= 0.6 is 11.3 Å². The number of amides is 1. The smallest absolute Gasteiger partial charge is 0.261 e. The second kappa shape index (κ2) is 7.72. The summed E-state index contributed by atoms with van der Waals surface area (Å²) in [5.41, 5.74) is 1.99. The minimum absolute atomic E-state index is 0.00129. The van der Waals surface area contributed by atoms with Crippen molar-refractivity contribution in [3.05, 3.63) is 62.8 Å². The van der Waals surface area contributed by atoms with Gasteiger partial charge >= 0.3 is 0 Å². The monoisotopic (exact) mass is 408 g/mol. The lowest BCUT2D eigenvalue weighted by Crippen LogP contribution is -2.48. The first-order chi connectivity index (χ1) is 14.2. The maximum atomic E-state index is 12.8. The van der Waals surface area contributed by atoms with E-state index < -0.39 is 0 Å². The average Bonchev–Trinajstić information content (AvgIpc) is 3.24. The number of fused-ring (bicyclic) bond motifs is 2. The predicted octanol–water partition coefficient (Wildman–Crippen LogP) is 2.51. The number of benzene rings is 1. The van der Waals surface area contributed by atoms with Crippen molar-refractivity contribution in [3.63, 3.8) is 0 Å². The summed E-state index contributed by atoms with van der Waals surface area (Å²) >= 11 is 1.87. The summed E-state index contributed by atoms with van der Waals surface area (Å²) in [7, 11) is 0. The molecule has 1 amide bonds. The normalized spacial score (nSPS) is 18.1. The molecule has 3 aromatic rings. The molecule has 0 radical (unpaired) electrons. The van der Waals surface area contributed by atoms with Gasteiger partial charge in [-0.15, -0.1) is 11.3 Å². The lowest BCUT2D eigenvalue weighted by atomic mass is 9.99. The first-order valence-electron chi connectivity index (χ1n) is 10.2. The van der Waals surface area contributed by atoms with E-state index in [-0.39, 0.29) is 18.0 Å². The highest BCUT2D eigenvalue weighted by Gasteiger charge is 2.29. The van der Waals surface area contributed by atoms with Gasteiger partial charge in [-0.05, 0) is 48.4 Å². The molecule has 1 saturated heterocycles. The van der Waals surface area contributed by atoms with Crippen LogP contribution < -0.4 is 5.56 Å². The van der Waals surface area contributed by atoms with Crippen LogP contribution in [0.15, 0.2) is 46.8 Å². The van der Waals surface area contributed by atoms with E-state index in [0.717, 1.165) is 45.4 Å². The van der Waals surface area contributed by atoms with Crippen LogP contribution in [0.3, 0.4) is 0 Å². The molecule has 150 valence electrons. The van der Waals surface area contributed by atoms with Crippen LogP contribution in [-0.4, -0.2) is 50.9 Å². The van der Waals surface area contributed by atoms with Gasteiger partial charge in [-0.2, -0.15) is 0 Å². The van der Waals surface area contributed by atoms with Gasteiger partial charge in [0.1, 0.15) is 6.54 Å². The molecule has 0 atom stereocenters. The number of nitrogens with zero attached hydrogens (tertiary/aromatic N) is 4. The van der Waals surface area contributed by atoms with E-state index in [0.29, 0.717) is 16.9 Å².